The van der Waals surface area contributed by atoms with Gasteiger partial charge in [0.25, 0.3) is 0 Å². The molecule has 0 aliphatic heterocycles. The lowest BCUT2D eigenvalue weighted by molar-refractivity contribution is 0.103. The summed E-state index contributed by atoms with van der Waals surface area (Å²) in [4.78, 5) is 12.4. The van der Waals surface area contributed by atoms with E-state index in [9.17, 15) is 15.0 Å². The van der Waals surface area contributed by atoms with Crippen LogP contribution in [0.15, 0.2) is 36.4 Å². The van der Waals surface area contributed by atoms with Crippen molar-refractivity contribution in [3.05, 3.63) is 47.5 Å². The highest BCUT2D eigenvalue weighted by molar-refractivity contribution is 6.11. The van der Waals surface area contributed by atoms with Crippen LogP contribution in [0.1, 0.15) is 15.9 Å². The van der Waals surface area contributed by atoms with Crippen molar-refractivity contribution < 1.29 is 24.5 Å². The van der Waals surface area contributed by atoms with Crippen LogP contribution >= 0.6 is 0 Å². The lowest BCUT2D eigenvalue weighted by atomic mass is 10.0. The van der Waals surface area contributed by atoms with Gasteiger partial charge in [0, 0.05) is 5.56 Å². The van der Waals surface area contributed by atoms with Crippen molar-refractivity contribution in [2.45, 2.75) is 0 Å². The van der Waals surface area contributed by atoms with Gasteiger partial charge in [0.2, 0.25) is 5.75 Å². The molecule has 2 aromatic carbocycles. The summed E-state index contributed by atoms with van der Waals surface area (Å²) in [7, 11) is 2.76. The first-order valence-electron chi connectivity index (χ1n) is 5.86. The molecule has 0 atom stereocenters. The molecule has 104 valence electrons. The van der Waals surface area contributed by atoms with Gasteiger partial charge in [-0.1, -0.05) is 12.1 Å². The summed E-state index contributed by atoms with van der Waals surface area (Å²) in [5.41, 5.74) is 0.417. The quantitative estimate of drug-likeness (QED) is 0.837. The van der Waals surface area contributed by atoms with Crippen LogP contribution < -0.4 is 9.47 Å². The van der Waals surface area contributed by atoms with Gasteiger partial charge in [-0.25, -0.2) is 0 Å². The number of aromatic hydroxyl groups is 2. The molecule has 0 saturated heterocycles. The summed E-state index contributed by atoms with van der Waals surface area (Å²) < 4.78 is 10.00. The second kappa shape index (κ2) is 5.52. The fourth-order valence-corrected chi connectivity index (χ4v) is 1.85. The van der Waals surface area contributed by atoms with E-state index in [1.165, 1.54) is 38.5 Å². The molecule has 2 N–H and O–H groups in total. The van der Waals surface area contributed by atoms with Crippen LogP contribution in [0.3, 0.4) is 0 Å². The number of phenolic OH excluding ortho intramolecular Hbond substituents is 2. The van der Waals surface area contributed by atoms with Gasteiger partial charge in [-0.3, -0.25) is 4.79 Å². The van der Waals surface area contributed by atoms with Crippen molar-refractivity contribution in [2.24, 2.45) is 0 Å². The van der Waals surface area contributed by atoms with E-state index in [-0.39, 0.29) is 39.9 Å². The summed E-state index contributed by atoms with van der Waals surface area (Å²) in [5, 5.41) is 19.5. The van der Waals surface area contributed by atoms with Crippen LogP contribution in [0, 0.1) is 0 Å². The zero-order chi connectivity index (χ0) is 14.7. The van der Waals surface area contributed by atoms with E-state index < -0.39 is 0 Å². The number of methoxy groups -OCH3 is 2. The van der Waals surface area contributed by atoms with Crippen LogP contribution in [0.2, 0.25) is 0 Å². The molecule has 0 heterocycles. The van der Waals surface area contributed by atoms with Gasteiger partial charge < -0.3 is 19.7 Å². The fraction of sp³-hybridized carbons (Fsp3) is 0.133. The summed E-state index contributed by atoms with van der Waals surface area (Å²) in [5.74, 6) is -0.418. The fourth-order valence-electron chi connectivity index (χ4n) is 1.85. The first kappa shape index (κ1) is 13.7. The number of phenols is 2. The van der Waals surface area contributed by atoms with E-state index in [2.05, 4.69) is 0 Å². The zero-order valence-electron chi connectivity index (χ0n) is 11.1. The lowest BCUT2D eigenvalue weighted by Crippen LogP contribution is -2.03. The second-order valence-corrected chi connectivity index (χ2v) is 4.08. The smallest absolute Gasteiger partial charge is 0.200 e. The van der Waals surface area contributed by atoms with Gasteiger partial charge in [0.15, 0.2) is 17.3 Å². The molecule has 0 unspecified atom stereocenters. The molecule has 0 fully saturated rings. The third-order valence-corrected chi connectivity index (χ3v) is 2.89. The zero-order valence-corrected chi connectivity index (χ0v) is 11.1. The molecule has 2 rings (SSSR count). The molecule has 0 aromatic heterocycles. The molecule has 0 radical (unpaired) electrons. The highest BCUT2D eigenvalue weighted by Gasteiger charge is 2.18. The number of hydrogen-bond acceptors (Lipinski definition) is 5. The minimum absolute atomic E-state index is 0.108. The Kier molecular flexibility index (Phi) is 3.79. The topological polar surface area (TPSA) is 76.0 Å². The average molecular weight is 274 g/mol. The standard InChI is InChI=1S/C15H14O5/c1-19-12-7-9(8-13(20-2)15(12)18)14(17)10-5-3-4-6-11(10)16/h3-8,16,18H,1-2H3. The van der Waals surface area contributed by atoms with Crippen LogP contribution in [0.25, 0.3) is 0 Å². The Hall–Kier alpha value is -2.69. The minimum Gasteiger partial charge on any atom is -0.507 e. The summed E-state index contributed by atoms with van der Waals surface area (Å²) >= 11 is 0. The molecule has 5 heteroatoms. The first-order chi connectivity index (χ1) is 9.58. The molecule has 0 spiro atoms. The van der Waals surface area contributed by atoms with Crippen LogP contribution in [-0.2, 0) is 0 Å². The Bertz CT molecular complexity index is 623. The maximum atomic E-state index is 12.4. The summed E-state index contributed by atoms with van der Waals surface area (Å²) in [6.07, 6.45) is 0. The minimum atomic E-state index is -0.389. The predicted molar refractivity (Wildman–Crippen MR) is 72.8 cm³/mol. The number of ketones is 1. The second-order valence-electron chi connectivity index (χ2n) is 4.08. The van der Waals surface area contributed by atoms with Gasteiger partial charge in [-0.05, 0) is 24.3 Å². The number of carbonyl (C=O) groups is 1. The van der Waals surface area contributed by atoms with Gasteiger partial charge in [-0.15, -0.1) is 0 Å². The van der Waals surface area contributed by atoms with Crippen molar-refractivity contribution in [3.63, 3.8) is 0 Å². The van der Waals surface area contributed by atoms with E-state index in [1.807, 2.05) is 0 Å². The largest absolute Gasteiger partial charge is 0.507 e. The van der Waals surface area contributed by atoms with E-state index in [1.54, 1.807) is 12.1 Å². The van der Waals surface area contributed by atoms with Crippen molar-refractivity contribution in [1.29, 1.82) is 0 Å². The monoisotopic (exact) mass is 274 g/mol. The van der Waals surface area contributed by atoms with Crippen LogP contribution in [0.5, 0.6) is 23.0 Å². The third-order valence-electron chi connectivity index (χ3n) is 2.89. The van der Waals surface area contributed by atoms with Crippen molar-refractivity contribution >= 4 is 5.78 Å². The molecule has 0 bridgehead atoms. The van der Waals surface area contributed by atoms with E-state index in [0.29, 0.717) is 0 Å². The Morgan fingerprint density at radius 1 is 1.00 bits per heavy atom. The van der Waals surface area contributed by atoms with E-state index in [4.69, 9.17) is 9.47 Å². The summed E-state index contributed by atoms with van der Waals surface area (Å²) in [6, 6.07) is 9.02. The highest BCUT2D eigenvalue weighted by Crippen LogP contribution is 2.38. The molecule has 0 aliphatic carbocycles. The average Bonchev–Trinajstić information content (AvgIpc) is 2.47. The molecule has 0 saturated carbocycles. The number of hydrogen-bond donors (Lipinski definition) is 2. The molecular weight excluding hydrogens is 260 g/mol. The van der Waals surface area contributed by atoms with Crippen LogP contribution in [-0.4, -0.2) is 30.2 Å². The van der Waals surface area contributed by atoms with Crippen molar-refractivity contribution in [2.75, 3.05) is 14.2 Å². The maximum Gasteiger partial charge on any atom is 0.200 e. The van der Waals surface area contributed by atoms with Gasteiger partial charge in [0.1, 0.15) is 5.75 Å². The Balaban J connectivity index is 2.53. The Morgan fingerprint density at radius 3 is 2.05 bits per heavy atom. The predicted octanol–water partition coefficient (Wildman–Crippen LogP) is 2.35. The van der Waals surface area contributed by atoms with Crippen molar-refractivity contribution in [1.82, 2.24) is 0 Å². The van der Waals surface area contributed by atoms with Gasteiger partial charge in [0.05, 0.1) is 19.8 Å². The number of carbonyl (C=O) groups excluding carboxylic acids is 1. The van der Waals surface area contributed by atoms with Gasteiger partial charge in [-0.2, -0.15) is 0 Å². The van der Waals surface area contributed by atoms with Crippen LogP contribution in [0.4, 0.5) is 0 Å². The summed E-state index contributed by atoms with van der Waals surface area (Å²) in [6.45, 7) is 0. The van der Waals surface area contributed by atoms with Crippen molar-refractivity contribution in [3.8, 4) is 23.0 Å². The SMILES string of the molecule is COc1cc(C(=O)c2ccccc2O)cc(OC)c1O. The normalized spacial score (nSPS) is 10.1. The maximum absolute atomic E-state index is 12.4. The molecule has 2 aromatic rings. The lowest BCUT2D eigenvalue weighted by Gasteiger charge is -2.11. The number of ether oxygens (including phenoxy) is 2. The molecule has 5 nitrogen and oxygen atoms in total. The number of benzene rings is 2. The Morgan fingerprint density at radius 2 is 1.55 bits per heavy atom. The highest BCUT2D eigenvalue weighted by atomic mass is 16.5. The molecule has 0 aliphatic rings. The van der Waals surface area contributed by atoms with E-state index >= 15 is 0 Å². The third kappa shape index (κ3) is 2.38. The number of para-hydroxylation sites is 1. The first-order valence-corrected chi connectivity index (χ1v) is 5.86. The van der Waals surface area contributed by atoms with Gasteiger partial charge >= 0.3 is 0 Å². The number of rotatable bonds is 4. The molecule has 0 amide bonds. The molecule has 20 heavy (non-hydrogen) atoms. The molecular formula is C15H14O5. The van der Waals surface area contributed by atoms with E-state index in [0.717, 1.165) is 0 Å². The Labute approximate surface area is 116 Å².